The molecule has 2 saturated heterocycles. The molecule has 0 bridgehead atoms. The van der Waals surface area contributed by atoms with Gasteiger partial charge in [0, 0.05) is 12.6 Å². The van der Waals surface area contributed by atoms with Crippen molar-refractivity contribution in [2.24, 2.45) is 11.8 Å². The first-order chi connectivity index (χ1) is 11.2. The number of nitrogens with one attached hydrogen (secondary N) is 2. The van der Waals surface area contributed by atoms with Crippen LogP contribution in [0.3, 0.4) is 0 Å². The van der Waals surface area contributed by atoms with Crippen LogP contribution >= 0.6 is 24.8 Å². The summed E-state index contributed by atoms with van der Waals surface area (Å²) in [5.74, 6) is 1.90. The predicted octanol–water partition coefficient (Wildman–Crippen LogP) is 3.38. The Labute approximate surface area is 166 Å². The van der Waals surface area contributed by atoms with Crippen LogP contribution in [0.1, 0.15) is 64.7 Å². The van der Waals surface area contributed by atoms with Gasteiger partial charge in [0.15, 0.2) is 0 Å². The van der Waals surface area contributed by atoms with Gasteiger partial charge in [-0.05, 0) is 76.4 Å². The number of unbranched alkanes of at least 4 members (excludes halogenated alkanes) is 1. The van der Waals surface area contributed by atoms with Gasteiger partial charge in [-0.15, -0.1) is 24.8 Å². The molecule has 1 saturated carbocycles. The number of fused-ring (bicyclic) bond motifs is 1. The maximum Gasteiger partial charge on any atom is 0.237 e. The van der Waals surface area contributed by atoms with E-state index in [2.05, 4.69) is 22.5 Å². The molecule has 3 atom stereocenters. The third-order valence-electron chi connectivity index (χ3n) is 6.26. The third-order valence-corrected chi connectivity index (χ3v) is 6.26. The second kappa shape index (κ2) is 11.6. The molecule has 2 N–H and O–H groups in total. The monoisotopic (exact) mass is 393 g/mol. The molecule has 6 heteroatoms. The standard InChI is InChI=1S/C19H35N3O.2ClH/c1-15-8-12-22(13-9-15)11-5-4-10-20-19(23)18-14-16-6-2-3-7-17(16)21-18;;/h15-18,21H,2-14H2,1H3,(H,20,23);2*1H. The molecule has 25 heavy (non-hydrogen) atoms. The van der Waals surface area contributed by atoms with Gasteiger partial charge in [0.1, 0.15) is 0 Å². The zero-order chi connectivity index (χ0) is 16.1. The lowest BCUT2D eigenvalue weighted by atomic mass is 9.85. The van der Waals surface area contributed by atoms with E-state index in [0.29, 0.717) is 6.04 Å². The van der Waals surface area contributed by atoms with Crippen molar-refractivity contribution in [1.29, 1.82) is 0 Å². The molecule has 0 aromatic heterocycles. The van der Waals surface area contributed by atoms with Crippen molar-refractivity contribution in [3.63, 3.8) is 0 Å². The predicted molar refractivity (Wildman–Crippen MR) is 109 cm³/mol. The molecule has 3 unspecified atom stereocenters. The summed E-state index contributed by atoms with van der Waals surface area (Å²) in [7, 11) is 0. The van der Waals surface area contributed by atoms with Crippen LogP contribution in [0.2, 0.25) is 0 Å². The number of halogens is 2. The van der Waals surface area contributed by atoms with Gasteiger partial charge in [-0.25, -0.2) is 0 Å². The molecule has 3 aliphatic rings. The Morgan fingerprint density at radius 2 is 1.80 bits per heavy atom. The van der Waals surface area contributed by atoms with Gasteiger partial charge in [-0.2, -0.15) is 0 Å². The van der Waals surface area contributed by atoms with E-state index in [1.165, 1.54) is 64.6 Å². The van der Waals surface area contributed by atoms with Crippen LogP contribution in [0.25, 0.3) is 0 Å². The summed E-state index contributed by atoms with van der Waals surface area (Å²) in [5.41, 5.74) is 0. The molecular formula is C19H37Cl2N3O. The first-order valence-corrected chi connectivity index (χ1v) is 9.98. The minimum atomic E-state index is 0. The Balaban J connectivity index is 0.00000156. The van der Waals surface area contributed by atoms with E-state index < -0.39 is 0 Å². The summed E-state index contributed by atoms with van der Waals surface area (Å²) in [6.07, 6.45) is 11.3. The minimum Gasteiger partial charge on any atom is -0.355 e. The van der Waals surface area contributed by atoms with Crippen LogP contribution in [0, 0.1) is 11.8 Å². The minimum absolute atomic E-state index is 0. The molecule has 0 radical (unpaired) electrons. The zero-order valence-corrected chi connectivity index (χ0v) is 17.3. The van der Waals surface area contributed by atoms with Gasteiger partial charge in [0.05, 0.1) is 6.04 Å². The van der Waals surface area contributed by atoms with E-state index in [4.69, 9.17) is 0 Å². The first-order valence-electron chi connectivity index (χ1n) is 9.98. The number of likely N-dealkylation sites (tertiary alicyclic amines) is 1. The highest BCUT2D eigenvalue weighted by atomic mass is 35.5. The molecule has 3 fully saturated rings. The quantitative estimate of drug-likeness (QED) is 0.679. The number of carbonyl (C=O) groups is 1. The van der Waals surface area contributed by atoms with Crippen LogP contribution in [-0.2, 0) is 4.79 Å². The van der Waals surface area contributed by atoms with E-state index >= 15 is 0 Å². The SMILES string of the molecule is CC1CCN(CCCCNC(=O)C2CC3CCCCC3N2)CC1.Cl.Cl. The largest absolute Gasteiger partial charge is 0.355 e. The Morgan fingerprint density at radius 1 is 1.08 bits per heavy atom. The lowest BCUT2D eigenvalue weighted by Gasteiger charge is -2.30. The fourth-order valence-corrected chi connectivity index (χ4v) is 4.60. The molecule has 1 amide bonds. The van der Waals surface area contributed by atoms with Crippen LogP contribution in [0.5, 0.6) is 0 Å². The zero-order valence-electron chi connectivity index (χ0n) is 15.7. The van der Waals surface area contributed by atoms with Crippen molar-refractivity contribution in [2.75, 3.05) is 26.2 Å². The van der Waals surface area contributed by atoms with Crippen LogP contribution in [-0.4, -0.2) is 49.1 Å². The Hall–Kier alpha value is -0.0300. The number of carbonyl (C=O) groups excluding carboxylic acids is 1. The van der Waals surface area contributed by atoms with Gasteiger partial charge in [-0.1, -0.05) is 19.8 Å². The lowest BCUT2D eigenvalue weighted by molar-refractivity contribution is -0.122. The summed E-state index contributed by atoms with van der Waals surface area (Å²) in [5, 5.41) is 6.73. The Morgan fingerprint density at radius 3 is 2.52 bits per heavy atom. The van der Waals surface area contributed by atoms with E-state index in [1.807, 2.05) is 0 Å². The summed E-state index contributed by atoms with van der Waals surface area (Å²) < 4.78 is 0. The molecule has 2 aliphatic heterocycles. The molecular weight excluding hydrogens is 357 g/mol. The van der Waals surface area contributed by atoms with Crippen molar-refractivity contribution in [1.82, 2.24) is 15.5 Å². The highest BCUT2D eigenvalue weighted by Gasteiger charge is 2.37. The van der Waals surface area contributed by atoms with Gasteiger partial charge in [0.25, 0.3) is 0 Å². The summed E-state index contributed by atoms with van der Waals surface area (Å²) in [4.78, 5) is 14.9. The first kappa shape index (κ1) is 23.0. The average molecular weight is 394 g/mol. The van der Waals surface area contributed by atoms with E-state index in [0.717, 1.165) is 31.2 Å². The number of piperidine rings is 1. The lowest BCUT2D eigenvalue weighted by Crippen LogP contribution is -2.43. The fraction of sp³-hybridized carbons (Fsp3) is 0.947. The van der Waals surface area contributed by atoms with Gasteiger partial charge >= 0.3 is 0 Å². The van der Waals surface area contributed by atoms with Crippen LogP contribution in [0.15, 0.2) is 0 Å². The summed E-state index contributed by atoms with van der Waals surface area (Å²) >= 11 is 0. The van der Waals surface area contributed by atoms with Gasteiger partial charge in [0.2, 0.25) is 5.91 Å². The van der Waals surface area contributed by atoms with Crippen molar-refractivity contribution in [2.45, 2.75) is 76.8 Å². The molecule has 2 heterocycles. The molecule has 0 aromatic rings. The second-order valence-corrected chi connectivity index (χ2v) is 8.13. The number of hydrogen-bond acceptors (Lipinski definition) is 3. The topological polar surface area (TPSA) is 44.4 Å². The van der Waals surface area contributed by atoms with Crippen molar-refractivity contribution in [3.05, 3.63) is 0 Å². The Bertz CT molecular complexity index is 375. The second-order valence-electron chi connectivity index (χ2n) is 8.13. The number of nitrogens with zero attached hydrogens (tertiary/aromatic N) is 1. The van der Waals surface area contributed by atoms with Gasteiger partial charge in [-0.3, -0.25) is 4.79 Å². The van der Waals surface area contributed by atoms with E-state index in [-0.39, 0.29) is 36.8 Å². The normalized spacial score (nSPS) is 30.0. The fourth-order valence-electron chi connectivity index (χ4n) is 4.60. The van der Waals surface area contributed by atoms with Crippen molar-refractivity contribution < 1.29 is 4.79 Å². The van der Waals surface area contributed by atoms with Gasteiger partial charge < -0.3 is 15.5 Å². The van der Waals surface area contributed by atoms with Crippen molar-refractivity contribution >= 4 is 30.7 Å². The number of amides is 1. The summed E-state index contributed by atoms with van der Waals surface area (Å²) in [6, 6.07) is 0.688. The van der Waals surface area contributed by atoms with Crippen LogP contribution < -0.4 is 10.6 Å². The number of hydrogen-bond donors (Lipinski definition) is 2. The molecule has 4 nitrogen and oxygen atoms in total. The molecule has 3 rings (SSSR count). The molecule has 1 aliphatic carbocycles. The highest BCUT2D eigenvalue weighted by Crippen LogP contribution is 2.33. The highest BCUT2D eigenvalue weighted by molar-refractivity contribution is 5.85. The van der Waals surface area contributed by atoms with Crippen molar-refractivity contribution in [3.8, 4) is 0 Å². The maximum absolute atomic E-state index is 12.3. The molecule has 0 spiro atoms. The van der Waals surface area contributed by atoms with E-state index in [1.54, 1.807) is 0 Å². The third kappa shape index (κ3) is 6.89. The smallest absolute Gasteiger partial charge is 0.237 e. The number of rotatable bonds is 6. The molecule has 0 aromatic carbocycles. The van der Waals surface area contributed by atoms with Crippen LogP contribution in [0.4, 0.5) is 0 Å². The Kier molecular flexibility index (Phi) is 10.7. The average Bonchev–Trinajstić information content (AvgIpc) is 3.00. The van der Waals surface area contributed by atoms with E-state index in [9.17, 15) is 4.79 Å². The molecule has 148 valence electrons. The maximum atomic E-state index is 12.3. The summed E-state index contributed by atoms with van der Waals surface area (Å²) in [6.45, 7) is 6.94.